The van der Waals surface area contributed by atoms with Gasteiger partial charge in [-0.05, 0) is 11.8 Å². The molecule has 0 fully saturated rings. The molecule has 0 bridgehead atoms. The Kier molecular flexibility index (Phi) is 5.72. The van der Waals surface area contributed by atoms with E-state index in [1.165, 1.54) is 0 Å². The van der Waals surface area contributed by atoms with Crippen molar-refractivity contribution in [2.75, 3.05) is 6.61 Å². The summed E-state index contributed by atoms with van der Waals surface area (Å²) in [4.78, 5) is 11.3. The summed E-state index contributed by atoms with van der Waals surface area (Å²) in [7, 11) is 0. The molecule has 0 saturated heterocycles. The van der Waals surface area contributed by atoms with Crippen molar-refractivity contribution in [3.05, 3.63) is 0 Å². The minimum atomic E-state index is -0.547. The zero-order valence-electron chi connectivity index (χ0n) is 9.49. The third-order valence-corrected chi connectivity index (χ3v) is 2.26. The Morgan fingerprint density at radius 1 is 1.14 bits per heavy atom. The summed E-state index contributed by atoms with van der Waals surface area (Å²) in [5.74, 6) is 0.0342. The van der Waals surface area contributed by atoms with E-state index in [-0.39, 0.29) is 24.5 Å². The van der Waals surface area contributed by atoms with Crippen LogP contribution in [0, 0.1) is 11.8 Å². The Balaban J connectivity index is 3.85. The first-order valence-corrected chi connectivity index (χ1v) is 5.04. The fourth-order valence-electron chi connectivity index (χ4n) is 0.739. The van der Waals surface area contributed by atoms with Crippen LogP contribution in [0.25, 0.3) is 0 Å². The van der Waals surface area contributed by atoms with E-state index in [1.54, 1.807) is 0 Å². The lowest BCUT2D eigenvalue weighted by Crippen LogP contribution is -2.40. The zero-order chi connectivity index (χ0) is 11.3. The second-order valence-electron chi connectivity index (χ2n) is 4.31. The Hall–Kier alpha value is -0.610. The third kappa shape index (κ3) is 4.58. The van der Waals surface area contributed by atoms with Crippen molar-refractivity contribution in [2.24, 2.45) is 23.3 Å². The van der Waals surface area contributed by atoms with Crippen LogP contribution in [0.5, 0.6) is 0 Å². The molecule has 0 aliphatic rings. The molecule has 0 aromatic carbocycles. The normalized spacial score (nSPS) is 15.7. The van der Waals surface area contributed by atoms with Crippen LogP contribution in [0.4, 0.5) is 0 Å². The summed E-state index contributed by atoms with van der Waals surface area (Å²) in [6.07, 6.45) is 0. The number of nitrogens with two attached hydrogens (primary N) is 2. The van der Waals surface area contributed by atoms with Crippen molar-refractivity contribution < 1.29 is 9.53 Å². The highest BCUT2D eigenvalue weighted by Crippen LogP contribution is 2.03. The molecule has 0 rings (SSSR count). The topological polar surface area (TPSA) is 78.3 Å². The predicted molar refractivity (Wildman–Crippen MR) is 56.6 cm³/mol. The molecule has 0 aromatic rings. The van der Waals surface area contributed by atoms with Gasteiger partial charge in [0, 0.05) is 6.04 Å². The van der Waals surface area contributed by atoms with Gasteiger partial charge in [0.15, 0.2) is 0 Å². The van der Waals surface area contributed by atoms with E-state index in [9.17, 15) is 4.79 Å². The minimum absolute atomic E-state index is 0.0952. The summed E-state index contributed by atoms with van der Waals surface area (Å²) in [5.41, 5.74) is 11.3. The zero-order valence-corrected chi connectivity index (χ0v) is 9.49. The van der Waals surface area contributed by atoms with Gasteiger partial charge in [0.05, 0.1) is 0 Å². The lowest BCUT2D eigenvalue weighted by molar-refractivity contribution is -0.147. The van der Waals surface area contributed by atoms with Crippen molar-refractivity contribution in [1.29, 1.82) is 0 Å². The van der Waals surface area contributed by atoms with E-state index in [4.69, 9.17) is 16.2 Å². The van der Waals surface area contributed by atoms with Crippen LogP contribution in [0.2, 0.25) is 0 Å². The van der Waals surface area contributed by atoms with Gasteiger partial charge in [0.25, 0.3) is 0 Å². The maximum atomic E-state index is 11.3. The largest absolute Gasteiger partial charge is 0.463 e. The maximum Gasteiger partial charge on any atom is 0.323 e. The number of rotatable bonds is 5. The van der Waals surface area contributed by atoms with Gasteiger partial charge < -0.3 is 16.2 Å². The van der Waals surface area contributed by atoms with Crippen molar-refractivity contribution in [1.82, 2.24) is 0 Å². The van der Waals surface area contributed by atoms with Gasteiger partial charge in [-0.1, -0.05) is 27.7 Å². The van der Waals surface area contributed by atoms with Gasteiger partial charge >= 0.3 is 5.97 Å². The molecule has 4 nitrogen and oxygen atoms in total. The number of carbonyl (C=O) groups excluding carboxylic acids is 1. The molecule has 4 N–H and O–H groups in total. The number of carbonyl (C=O) groups is 1. The Morgan fingerprint density at radius 3 is 2.00 bits per heavy atom. The first-order valence-electron chi connectivity index (χ1n) is 5.04. The highest BCUT2D eigenvalue weighted by molar-refractivity contribution is 5.75. The monoisotopic (exact) mass is 202 g/mol. The van der Waals surface area contributed by atoms with E-state index in [1.807, 2.05) is 27.7 Å². The quantitative estimate of drug-likeness (QED) is 0.636. The molecular weight excluding hydrogens is 180 g/mol. The van der Waals surface area contributed by atoms with E-state index in [2.05, 4.69) is 0 Å². The summed E-state index contributed by atoms with van der Waals surface area (Å²) in [5, 5.41) is 0. The van der Waals surface area contributed by atoms with Crippen LogP contribution in [0.3, 0.4) is 0 Å². The molecule has 0 radical (unpaired) electrons. The van der Waals surface area contributed by atoms with E-state index in [0.717, 1.165) is 0 Å². The Morgan fingerprint density at radius 2 is 1.64 bits per heavy atom. The second-order valence-corrected chi connectivity index (χ2v) is 4.31. The number of esters is 1. The second kappa shape index (κ2) is 5.98. The summed E-state index contributed by atoms with van der Waals surface area (Å²) in [6.45, 7) is 7.99. The van der Waals surface area contributed by atoms with Gasteiger partial charge in [0.2, 0.25) is 0 Å². The first-order chi connectivity index (χ1) is 6.36. The van der Waals surface area contributed by atoms with Crippen molar-refractivity contribution >= 4 is 5.97 Å². The molecule has 4 heteroatoms. The van der Waals surface area contributed by atoms with E-state index >= 15 is 0 Å². The minimum Gasteiger partial charge on any atom is -0.463 e. The lowest BCUT2D eigenvalue weighted by Gasteiger charge is -2.18. The van der Waals surface area contributed by atoms with Crippen molar-refractivity contribution in [3.63, 3.8) is 0 Å². The van der Waals surface area contributed by atoms with Gasteiger partial charge in [-0.25, -0.2) is 0 Å². The standard InChI is InChI=1S/C10H22N2O2/c1-6(2)8(11)5-14-10(13)9(12)7(3)4/h6-9H,5,11-12H2,1-4H3/t8-,9-/m0/s1. The van der Waals surface area contributed by atoms with Gasteiger partial charge in [0.1, 0.15) is 12.6 Å². The molecule has 2 atom stereocenters. The van der Waals surface area contributed by atoms with Crippen LogP contribution < -0.4 is 11.5 Å². The van der Waals surface area contributed by atoms with Crippen LogP contribution in [0.1, 0.15) is 27.7 Å². The SMILES string of the molecule is CC(C)[C@H](N)C(=O)OC[C@H](N)C(C)C. The van der Waals surface area contributed by atoms with E-state index in [0.29, 0.717) is 5.92 Å². The molecule has 0 aliphatic carbocycles. The summed E-state index contributed by atoms with van der Waals surface area (Å²) >= 11 is 0. The Bertz CT molecular complexity index is 181. The van der Waals surface area contributed by atoms with Gasteiger partial charge in [-0.15, -0.1) is 0 Å². The highest BCUT2D eigenvalue weighted by Gasteiger charge is 2.20. The first kappa shape index (κ1) is 13.4. The number of ether oxygens (including phenoxy) is 1. The fourth-order valence-corrected chi connectivity index (χ4v) is 0.739. The van der Waals surface area contributed by atoms with Crippen LogP contribution in [-0.4, -0.2) is 24.7 Å². The molecule has 0 spiro atoms. The molecule has 0 amide bonds. The molecule has 84 valence electrons. The molecule has 0 heterocycles. The highest BCUT2D eigenvalue weighted by atomic mass is 16.5. The lowest BCUT2D eigenvalue weighted by atomic mass is 10.1. The maximum absolute atomic E-state index is 11.3. The molecule has 0 unspecified atom stereocenters. The van der Waals surface area contributed by atoms with Crippen molar-refractivity contribution in [3.8, 4) is 0 Å². The van der Waals surface area contributed by atoms with Crippen molar-refractivity contribution in [2.45, 2.75) is 39.8 Å². The number of hydrogen-bond acceptors (Lipinski definition) is 4. The third-order valence-electron chi connectivity index (χ3n) is 2.26. The average Bonchev–Trinajstić information content (AvgIpc) is 2.11. The van der Waals surface area contributed by atoms with E-state index < -0.39 is 6.04 Å². The molecule has 0 aromatic heterocycles. The van der Waals surface area contributed by atoms with Crippen LogP contribution in [0.15, 0.2) is 0 Å². The summed E-state index contributed by atoms with van der Waals surface area (Å²) < 4.78 is 5.00. The molecular formula is C10H22N2O2. The van der Waals surface area contributed by atoms with Gasteiger partial charge in [-0.3, -0.25) is 4.79 Å². The fraction of sp³-hybridized carbons (Fsp3) is 0.900. The smallest absolute Gasteiger partial charge is 0.323 e. The number of hydrogen-bond donors (Lipinski definition) is 2. The molecule has 14 heavy (non-hydrogen) atoms. The average molecular weight is 202 g/mol. The predicted octanol–water partition coefficient (Wildman–Crippen LogP) is 0.496. The van der Waals surface area contributed by atoms with Gasteiger partial charge in [-0.2, -0.15) is 0 Å². The summed E-state index contributed by atoms with van der Waals surface area (Å²) in [6, 6.07) is -0.660. The Labute approximate surface area is 86.0 Å². The van der Waals surface area contributed by atoms with Crippen LogP contribution >= 0.6 is 0 Å². The molecule has 0 saturated carbocycles. The molecule has 0 aliphatic heterocycles. The van der Waals surface area contributed by atoms with Crippen LogP contribution in [-0.2, 0) is 9.53 Å².